The zero-order valence-electron chi connectivity index (χ0n) is 28.1. The molecule has 2 heteroatoms. The second-order valence-corrected chi connectivity index (χ2v) is 14.1. The Labute approximate surface area is 292 Å². The molecule has 1 aromatic heterocycles. The van der Waals surface area contributed by atoms with Crippen LogP contribution in [0, 0.1) is 0 Å². The molecular formula is C48H34N2. The van der Waals surface area contributed by atoms with E-state index in [1.165, 1.54) is 55.6 Å². The number of fused-ring (bicyclic) bond motifs is 7. The number of hydrogen-bond acceptors (Lipinski definition) is 2. The summed E-state index contributed by atoms with van der Waals surface area (Å²) in [7, 11) is 0. The molecule has 0 atom stereocenters. The average molecular weight is 639 g/mol. The van der Waals surface area contributed by atoms with E-state index in [0.29, 0.717) is 0 Å². The molecule has 10 rings (SSSR count). The normalized spacial score (nSPS) is 14.5. The van der Waals surface area contributed by atoms with Crippen molar-refractivity contribution in [1.82, 2.24) is 9.97 Å². The lowest BCUT2D eigenvalue weighted by Crippen LogP contribution is -2.28. The van der Waals surface area contributed by atoms with Crippen LogP contribution < -0.4 is 0 Å². The molecule has 0 N–H and O–H groups in total. The Bertz CT molecular complexity index is 2580. The molecule has 2 nitrogen and oxygen atoms in total. The summed E-state index contributed by atoms with van der Waals surface area (Å²) in [6, 6.07) is 61.6. The maximum absolute atomic E-state index is 5.57. The van der Waals surface area contributed by atoms with Gasteiger partial charge in [0.05, 0.1) is 16.6 Å². The quantitative estimate of drug-likeness (QED) is 0.192. The van der Waals surface area contributed by atoms with Gasteiger partial charge in [-0.25, -0.2) is 9.97 Å². The molecule has 0 saturated carbocycles. The minimum Gasteiger partial charge on any atom is -0.228 e. The number of aromatic nitrogens is 2. The monoisotopic (exact) mass is 638 g/mol. The number of benzene rings is 7. The summed E-state index contributed by atoms with van der Waals surface area (Å²) >= 11 is 0. The van der Waals surface area contributed by atoms with E-state index in [1.807, 2.05) is 0 Å². The van der Waals surface area contributed by atoms with Crippen molar-refractivity contribution in [3.63, 3.8) is 0 Å². The highest BCUT2D eigenvalue weighted by molar-refractivity contribution is 6.02. The molecule has 50 heavy (non-hydrogen) atoms. The molecule has 236 valence electrons. The smallest absolute Gasteiger partial charge is 0.161 e. The van der Waals surface area contributed by atoms with E-state index < -0.39 is 5.41 Å². The van der Waals surface area contributed by atoms with Crippen LogP contribution in [0.5, 0.6) is 0 Å². The lowest BCUT2D eigenvalue weighted by molar-refractivity contribution is 0.660. The van der Waals surface area contributed by atoms with Crippen molar-refractivity contribution in [1.29, 1.82) is 0 Å². The Hall–Kier alpha value is -6.12. The molecule has 0 fully saturated rings. The topological polar surface area (TPSA) is 25.8 Å². The number of nitrogens with zero attached hydrogens (tertiary/aromatic N) is 2. The van der Waals surface area contributed by atoms with Gasteiger partial charge in [-0.3, -0.25) is 0 Å². The summed E-state index contributed by atoms with van der Waals surface area (Å²) in [5.41, 5.74) is 16.2. The van der Waals surface area contributed by atoms with Crippen molar-refractivity contribution in [2.24, 2.45) is 0 Å². The Kier molecular flexibility index (Phi) is 6.17. The molecule has 0 bridgehead atoms. The minimum absolute atomic E-state index is 0.107. The van der Waals surface area contributed by atoms with Gasteiger partial charge in [0.1, 0.15) is 0 Å². The highest BCUT2D eigenvalue weighted by atomic mass is 14.9. The third-order valence-corrected chi connectivity index (χ3v) is 11.2. The Balaban J connectivity index is 1.29. The zero-order chi connectivity index (χ0) is 33.5. The van der Waals surface area contributed by atoms with Crippen LogP contribution in [0.1, 0.15) is 47.2 Å². The molecule has 0 saturated heterocycles. The maximum atomic E-state index is 5.57. The van der Waals surface area contributed by atoms with Gasteiger partial charge in [-0.2, -0.15) is 0 Å². The molecule has 0 amide bonds. The zero-order valence-corrected chi connectivity index (χ0v) is 28.1. The second-order valence-electron chi connectivity index (χ2n) is 14.1. The molecule has 7 aromatic carbocycles. The lowest BCUT2D eigenvalue weighted by atomic mass is 9.67. The Morgan fingerprint density at radius 3 is 1.60 bits per heavy atom. The Morgan fingerprint density at radius 2 is 0.880 bits per heavy atom. The van der Waals surface area contributed by atoms with E-state index in [4.69, 9.17) is 9.97 Å². The third-order valence-electron chi connectivity index (χ3n) is 11.2. The van der Waals surface area contributed by atoms with E-state index in [-0.39, 0.29) is 5.41 Å². The average Bonchev–Trinajstić information content (AvgIpc) is 3.61. The number of para-hydroxylation sites is 1. The highest BCUT2D eigenvalue weighted by Crippen LogP contribution is 2.58. The summed E-state index contributed by atoms with van der Waals surface area (Å²) in [6.07, 6.45) is 0. The summed E-state index contributed by atoms with van der Waals surface area (Å²) in [5, 5.41) is 1.05. The predicted octanol–water partition coefficient (Wildman–Crippen LogP) is 11.6. The molecule has 0 unspecified atom stereocenters. The molecule has 1 heterocycles. The van der Waals surface area contributed by atoms with Gasteiger partial charge in [0.15, 0.2) is 5.82 Å². The first-order valence-electron chi connectivity index (χ1n) is 17.4. The summed E-state index contributed by atoms with van der Waals surface area (Å²) in [6.45, 7) is 4.65. The van der Waals surface area contributed by atoms with Gasteiger partial charge in [0, 0.05) is 21.9 Å². The van der Waals surface area contributed by atoms with Crippen molar-refractivity contribution < 1.29 is 0 Å². The van der Waals surface area contributed by atoms with Gasteiger partial charge in [-0.05, 0) is 61.7 Å². The van der Waals surface area contributed by atoms with Gasteiger partial charge in [0.2, 0.25) is 0 Å². The summed E-state index contributed by atoms with van der Waals surface area (Å²) in [4.78, 5) is 10.9. The van der Waals surface area contributed by atoms with Crippen LogP contribution in [0.25, 0.3) is 55.8 Å². The first kappa shape index (κ1) is 28.9. The fraction of sp³-hybridized carbons (Fsp3) is 0.0833. The standard InChI is InChI=1S/C48H34N2/c1-47(2)38-26-12-9-21-33(38)44-37(25-16-28-40(44)47)46-49-42-30-14-11-23-35(42)45(50-46)36-24-15-29-41-43(36)34-22-10-13-27-39(34)48(41,31-17-5-3-6-18-31)32-19-7-4-8-20-32/h3-30H,1-2H3. The molecule has 2 aliphatic carbocycles. The summed E-state index contributed by atoms with van der Waals surface area (Å²) < 4.78 is 0. The first-order valence-corrected chi connectivity index (χ1v) is 17.4. The van der Waals surface area contributed by atoms with E-state index in [1.54, 1.807) is 0 Å². The first-order chi connectivity index (χ1) is 24.6. The van der Waals surface area contributed by atoms with Gasteiger partial charge in [-0.15, -0.1) is 0 Å². The summed E-state index contributed by atoms with van der Waals surface area (Å²) in [5.74, 6) is 0.754. The van der Waals surface area contributed by atoms with Crippen LogP contribution in [0.3, 0.4) is 0 Å². The van der Waals surface area contributed by atoms with Crippen LogP contribution >= 0.6 is 0 Å². The van der Waals surface area contributed by atoms with E-state index in [2.05, 4.69) is 184 Å². The SMILES string of the molecule is CC1(C)c2ccccc2-c2c(-c3nc(-c4cccc5c4-c4ccccc4C5(c4ccccc4)c4ccccc4)c4ccccc4n3)cccc21. The van der Waals surface area contributed by atoms with E-state index in [0.717, 1.165) is 33.5 Å². The molecule has 0 aliphatic heterocycles. The van der Waals surface area contributed by atoms with Gasteiger partial charge in [-0.1, -0.05) is 178 Å². The van der Waals surface area contributed by atoms with Crippen molar-refractivity contribution in [2.75, 3.05) is 0 Å². The van der Waals surface area contributed by atoms with Crippen LogP contribution in [0.15, 0.2) is 170 Å². The molecule has 0 radical (unpaired) electrons. The van der Waals surface area contributed by atoms with Crippen LogP contribution in [0.2, 0.25) is 0 Å². The second kappa shape index (κ2) is 10.7. The van der Waals surface area contributed by atoms with E-state index in [9.17, 15) is 0 Å². The van der Waals surface area contributed by atoms with Crippen molar-refractivity contribution in [2.45, 2.75) is 24.7 Å². The third kappa shape index (κ3) is 3.85. The van der Waals surface area contributed by atoms with Gasteiger partial charge in [0.25, 0.3) is 0 Å². The Morgan fingerprint density at radius 1 is 0.380 bits per heavy atom. The van der Waals surface area contributed by atoms with Gasteiger partial charge >= 0.3 is 0 Å². The molecule has 2 aliphatic rings. The van der Waals surface area contributed by atoms with Crippen molar-refractivity contribution >= 4 is 10.9 Å². The highest BCUT2D eigenvalue weighted by Gasteiger charge is 2.47. The molecule has 8 aromatic rings. The van der Waals surface area contributed by atoms with Crippen LogP contribution in [0.4, 0.5) is 0 Å². The molecular weight excluding hydrogens is 605 g/mol. The van der Waals surface area contributed by atoms with Crippen molar-refractivity contribution in [3.8, 4) is 44.9 Å². The van der Waals surface area contributed by atoms with Gasteiger partial charge < -0.3 is 0 Å². The largest absolute Gasteiger partial charge is 0.228 e. The van der Waals surface area contributed by atoms with E-state index >= 15 is 0 Å². The van der Waals surface area contributed by atoms with Crippen LogP contribution in [-0.4, -0.2) is 9.97 Å². The molecule has 0 spiro atoms. The minimum atomic E-state index is -0.480. The predicted molar refractivity (Wildman–Crippen MR) is 205 cm³/mol. The fourth-order valence-electron chi connectivity index (χ4n) is 9.03. The lowest BCUT2D eigenvalue weighted by Gasteiger charge is -2.34. The fourth-order valence-corrected chi connectivity index (χ4v) is 9.03. The number of rotatable bonds is 4. The van der Waals surface area contributed by atoms with Crippen molar-refractivity contribution in [3.05, 3.63) is 203 Å². The maximum Gasteiger partial charge on any atom is 0.161 e. The number of hydrogen-bond donors (Lipinski definition) is 0. The van der Waals surface area contributed by atoms with Crippen LogP contribution in [-0.2, 0) is 10.8 Å².